The van der Waals surface area contributed by atoms with E-state index in [0.717, 1.165) is 64.2 Å². The fourth-order valence-electron chi connectivity index (χ4n) is 7.79. The predicted octanol–water partition coefficient (Wildman–Crippen LogP) is 6.13. The van der Waals surface area contributed by atoms with Gasteiger partial charge in [-0.25, -0.2) is 0 Å². The molecule has 22 heteroatoms. The number of esters is 2. The van der Waals surface area contributed by atoms with Crippen molar-refractivity contribution in [2.45, 2.75) is 249 Å². The van der Waals surface area contributed by atoms with E-state index < -0.39 is 91.3 Å². The molecule has 1 unspecified atom stereocenters. The standard InChI is InChI=1S/C45H87O19P3/c1-3-5-7-9-11-13-15-17-19-21-23-25-27-29-31-33-38(46)59-35-37(61-39(47)34-32-30-28-26-24-22-20-18-16-14-12-10-8-6-4-2)36-60-67(57,58)64-43-40(48)41(49)44(62-65(51,52)53)45(42(43)50)63-66(54,55)56/h18,20,37,40-45,48-50H,3-17,19,21-36H2,1-2H3,(H,57,58)(H2,51,52,53)(H2,54,55,56)/p-5/b20-18-/t37-,40-,41+,42+,43-,44-,45-/m1/s1. The van der Waals surface area contributed by atoms with Gasteiger partial charge in [0.05, 0.1) is 22.3 Å². The molecule has 0 amide bonds. The van der Waals surface area contributed by atoms with Gasteiger partial charge >= 0.3 is 11.9 Å². The van der Waals surface area contributed by atoms with Crippen molar-refractivity contribution in [2.24, 2.45) is 0 Å². The van der Waals surface area contributed by atoms with Gasteiger partial charge in [-0.2, -0.15) is 0 Å². The van der Waals surface area contributed by atoms with Crippen molar-refractivity contribution in [1.82, 2.24) is 0 Å². The Bertz CT molecular complexity index is 1460. The van der Waals surface area contributed by atoms with Crippen molar-refractivity contribution in [3.63, 3.8) is 0 Å². The number of hydrogen-bond donors (Lipinski definition) is 3. The molecule has 8 atom stereocenters. The lowest BCUT2D eigenvalue weighted by Crippen LogP contribution is -2.65. The molecule has 1 saturated carbocycles. The fourth-order valence-corrected chi connectivity index (χ4v) is 9.83. The zero-order valence-electron chi connectivity index (χ0n) is 40.0. The second-order valence-electron chi connectivity index (χ2n) is 17.6. The first kappa shape index (κ1) is 63.9. The van der Waals surface area contributed by atoms with Crippen LogP contribution in [0.4, 0.5) is 0 Å². The number of unbranched alkanes of at least 4 members (excludes halogenated alkanes) is 25. The van der Waals surface area contributed by atoms with Gasteiger partial charge in [0.2, 0.25) is 0 Å². The van der Waals surface area contributed by atoms with Gasteiger partial charge in [-0.15, -0.1) is 0 Å². The highest BCUT2D eigenvalue weighted by molar-refractivity contribution is 7.46. The first-order valence-corrected chi connectivity index (χ1v) is 29.3. The van der Waals surface area contributed by atoms with E-state index in [1.54, 1.807) is 0 Å². The molecule has 3 N–H and O–H groups in total. The highest BCUT2D eigenvalue weighted by Gasteiger charge is 2.53. The molecule has 67 heavy (non-hydrogen) atoms. The lowest BCUT2D eigenvalue weighted by Gasteiger charge is -2.50. The summed E-state index contributed by atoms with van der Waals surface area (Å²) in [5.74, 6) is -1.37. The molecular formula is C45H82O19P3-5. The number of carbonyl (C=O) groups is 2. The summed E-state index contributed by atoms with van der Waals surface area (Å²) in [6.07, 6.45) is 17.7. The summed E-state index contributed by atoms with van der Waals surface area (Å²) in [6, 6.07) is 0. The minimum atomic E-state index is -6.16. The number of phosphoric acid groups is 3. The highest BCUT2D eigenvalue weighted by Crippen LogP contribution is 2.46. The number of aliphatic hydroxyl groups excluding tert-OH is 3. The van der Waals surface area contributed by atoms with Gasteiger partial charge in [0.25, 0.3) is 7.82 Å². The third-order valence-electron chi connectivity index (χ3n) is 11.5. The number of allylic oxidation sites excluding steroid dienone is 2. The van der Waals surface area contributed by atoms with Crippen LogP contribution in [0.1, 0.15) is 206 Å². The molecule has 19 nitrogen and oxygen atoms in total. The van der Waals surface area contributed by atoms with E-state index in [1.807, 2.05) is 0 Å². The largest absolute Gasteiger partial charge is 0.790 e. The Balaban J connectivity index is 2.71. The average molecular weight is 1020 g/mol. The van der Waals surface area contributed by atoms with Crippen LogP contribution in [0.15, 0.2) is 12.2 Å². The lowest BCUT2D eigenvalue weighted by molar-refractivity contribution is -0.366. The summed E-state index contributed by atoms with van der Waals surface area (Å²) in [4.78, 5) is 83.6. The van der Waals surface area contributed by atoms with Gasteiger partial charge in [-0.1, -0.05) is 167 Å². The number of rotatable bonds is 43. The Labute approximate surface area is 399 Å². The van der Waals surface area contributed by atoms with Crippen molar-refractivity contribution in [2.75, 3.05) is 13.2 Å². The van der Waals surface area contributed by atoms with Gasteiger partial charge in [-0.05, 0) is 38.5 Å². The molecule has 0 spiro atoms. The molecule has 0 saturated heterocycles. The third-order valence-corrected chi connectivity index (χ3v) is 13.5. The maximum atomic E-state index is 13.0. The second kappa shape index (κ2) is 37.6. The Hall–Kier alpha value is -1.11. The number of carbonyl (C=O) groups excluding carboxylic acids is 2. The van der Waals surface area contributed by atoms with Gasteiger partial charge in [0.1, 0.15) is 43.2 Å². The smallest absolute Gasteiger partial charge is 0.306 e. The van der Waals surface area contributed by atoms with E-state index in [2.05, 4.69) is 39.6 Å². The second-order valence-corrected chi connectivity index (χ2v) is 21.2. The molecule has 0 aromatic rings. The quantitative estimate of drug-likeness (QED) is 0.0267. The van der Waals surface area contributed by atoms with Crippen molar-refractivity contribution in [1.29, 1.82) is 0 Å². The molecule has 0 heterocycles. The van der Waals surface area contributed by atoms with Crippen LogP contribution in [0.2, 0.25) is 0 Å². The first-order valence-electron chi connectivity index (χ1n) is 24.9. The zero-order chi connectivity index (χ0) is 50.0. The summed E-state index contributed by atoms with van der Waals surface area (Å²) in [5, 5.41) is 31.5. The molecule has 0 aromatic carbocycles. The van der Waals surface area contributed by atoms with E-state index in [-0.39, 0.29) is 12.8 Å². The number of phosphoric ester groups is 3. The van der Waals surface area contributed by atoms with Crippen LogP contribution < -0.4 is 24.5 Å². The van der Waals surface area contributed by atoms with Crippen molar-refractivity contribution >= 4 is 35.4 Å². The SMILES string of the molecule is CCCCCCCC/C=C\CCCCCCCC(=O)O[C@H](COC(=O)CCCCCCCCCCCCCCCCC)COP(=O)([O-])O[C@@H]1[C@H](O)[C@H](O)[C@@H](OP(=O)([O-])[O-])[C@H](OP(=O)([O-])[O-])[C@H]1O. The summed E-state index contributed by atoms with van der Waals surface area (Å²) >= 11 is 0. The summed E-state index contributed by atoms with van der Waals surface area (Å²) in [6.45, 7) is 2.79. The lowest BCUT2D eigenvalue weighted by atomic mass is 9.85. The molecule has 1 aliphatic rings. The van der Waals surface area contributed by atoms with Crippen molar-refractivity contribution < 1.29 is 90.6 Å². The van der Waals surface area contributed by atoms with Gasteiger partial charge < -0.3 is 76.5 Å². The number of hydrogen-bond acceptors (Lipinski definition) is 19. The Morgan fingerprint density at radius 2 is 0.836 bits per heavy atom. The molecule has 0 aliphatic heterocycles. The minimum Gasteiger partial charge on any atom is -0.790 e. The topological polar surface area (TPSA) is 317 Å². The van der Waals surface area contributed by atoms with Gasteiger partial charge in [-0.3, -0.25) is 14.2 Å². The number of ether oxygens (including phenoxy) is 2. The van der Waals surface area contributed by atoms with E-state index in [9.17, 15) is 63.1 Å². The normalized spacial score (nSPS) is 21.6. The predicted molar refractivity (Wildman–Crippen MR) is 241 cm³/mol. The van der Waals surface area contributed by atoms with Crippen molar-refractivity contribution in [3.8, 4) is 0 Å². The summed E-state index contributed by atoms with van der Waals surface area (Å²) in [7, 11) is -18.0. The molecule has 1 rings (SSSR count). The van der Waals surface area contributed by atoms with Crippen molar-refractivity contribution in [3.05, 3.63) is 12.2 Å². The monoisotopic (exact) mass is 1020 g/mol. The molecule has 0 bridgehead atoms. The Morgan fingerprint density at radius 1 is 0.478 bits per heavy atom. The van der Waals surface area contributed by atoms with Gasteiger partial charge in [0, 0.05) is 12.8 Å². The molecule has 1 fully saturated rings. The Morgan fingerprint density at radius 3 is 1.25 bits per heavy atom. The van der Waals surface area contributed by atoms with Crippen LogP contribution in [-0.4, -0.2) is 83.2 Å². The molecule has 0 aromatic heterocycles. The highest BCUT2D eigenvalue weighted by atomic mass is 31.2. The first-order chi connectivity index (χ1) is 31.8. The Kier molecular flexibility index (Phi) is 35.9. The van der Waals surface area contributed by atoms with Crippen LogP contribution in [-0.2, 0) is 50.9 Å². The van der Waals surface area contributed by atoms with Crippen LogP contribution >= 0.6 is 23.5 Å². The number of aliphatic hydroxyl groups is 3. The van der Waals surface area contributed by atoms with E-state index >= 15 is 0 Å². The van der Waals surface area contributed by atoms with Gasteiger partial charge in [0.15, 0.2) is 6.10 Å². The van der Waals surface area contributed by atoms with Crippen LogP contribution in [0, 0.1) is 0 Å². The summed E-state index contributed by atoms with van der Waals surface area (Å²) < 4.78 is 63.8. The van der Waals surface area contributed by atoms with E-state index in [1.165, 1.54) is 103 Å². The van der Waals surface area contributed by atoms with Crippen LogP contribution in [0.25, 0.3) is 0 Å². The maximum Gasteiger partial charge on any atom is 0.306 e. The molecule has 1 aliphatic carbocycles. The van der Waals surface area contributed by atoms with E-state index in [0.29, 0.717) is 12.8 Å². The molecular weight excluding hydrogens is 937 g/mol. The van der Waals surface area contributed by atoms with Crippen LogP contribution in [0.5, 0.6) is 0 Å². The summed E-state index contributed by atoms with van der Waals surface area (Å²) in [5.41, 5.74) is 0. The minimum absolute atomic E-state index is 0.0425. The molecule has 396 valence electrons. The maximum absolute atomic E-state index is 13.0. The fraction of sp³-hybridized carbons (Fsp3) is 0.911. The molecule has 0 radical (unpaired) electrons. The third kappa shape index (κ3) is 34.0. The average Bonchev–Trinajstić information content (AvgIpc) is 3.25. The van der Waals surface area contributed by atoms with E-state index in [4.69, 9.17) is 14.0 Å². The zero-order valence-corrected chi connectivity index (χ0v) is 42.7. The van der Waals surface area contributed by atoms with Crippen LogP contribution in [0.3, 0.4) is 0 Å².